The number of rotatable bonds is 3. The molecule has 3 rings (SSSR count). The smallest absolute Gasteiger partial charge is 0.244 e. The Labute approximate surface area is 123 Å². The largest absolute Gasteiger partial charge is 0.338 e. The van der Waals surface area contributed by atoms with Crippen molar-refractivity contribution in [2.75, 3.05) is 6.54 Å². The summed E-state index contributed by atoms with van der Waals surface area (Å²) in [6.07, 6.45) is 1.11. The lowest BCUT2D eigenvalue weighted by molar-refractivity contribution is 0.314. The van der Waals surface area contributed by atoms with Gasteiger partial charge in [-0.25, -0.2) is 4.39 Å². The number of halogens is 1. The molecule has 0 radical (unpaired) electrons. The minimum atomic E-state index is -0.419. The van der Waals surface area contributed by atoms with Crippen LogP contribution in [0.3, 0.4) is 0 Å². The summed E-state index contributed by atoms with van der Waals surface area (Å²) in [4.78, 5) is 4.58. The molecule has 5 heteroatoms. The summed E-state index contributed by atoms with van der Waals surface area (Å²) in [6.45, 7) is 7.19. The molecule has 0 bridgehead atoms. The first-order valence-corrected chi connectivity index (χ1v) is 7.32. The van der Waals surface area contributed by atoms with E-state index < -0.39 is 5.41 Å². The van der Waals surface area contributed by atoms with E-state index in [2.05, 4.69) is 22.4 Å². The van der Waals surface area contributed by atoms with Crippen molar-refractivity contribution in [1.82, 2.24) is 15.5 Å². The van der Waals surface area contributed by atoms with E-state index in [1.165, 1.54) is 12.1 Å². The van der Waals surface area contributed by atoms with Crippen LogP contribution in [0.15, 0.2) is 28.8 Å². The van der Waals surface area contributed by atoms with Crippen LogP contribution in [0.4, 0.5) is 4.39 Å². The van der Waals surface area contributed by atoms with E-state index in [9.17, 15) is 4.39 Å². The first-order chi connectivity index (χ1) is 9.98. The predicted molar refractivity (Wildman–Crippen MR) is 77.4 cm³/mol. The molecule has 0 saturated carbocycles. The average Bonchev–Trinajstić information content (AvgIpc) is 3.07. The predicted octanol–water partition coefficient (Wildman–Crippen LogP) is 3.21. The first-order valence-electron chi connectivity index (χ1n) is 7.32. The van der Waals surface area contributed by atoms with Crippen LogP contribution in [0.2, 0.25) is 0 Å². The number of hydrogen-bond acceptors (Lipinski definition) is 4. The normalized spacial score (nSPS) is 22.7. The van der Waals surface area contributed by atoms with Gasteiger partial charge in [-0.05, 0) is 50.4 Å². The van der Waals surface area contributed by atoms with E-state index >= 15 is 0 Å². The van der Waals surface area contributed by atoms with Crippen molar-refractivity contribution in [2.45, 2.75) is 38.6 Å². The van der Waals surface area contributed by atoms with Gasteiger partial charge in [0.25, 0.3) is 0 Å². The van der Waals surface area contributed by atoms with Crippen molar-refractivity contribution in [3.05, 3.63) is 47.4 Å². The molecule has 2 aromatic rings. The van der Waals surface area contributed by atoms with Crippen LogP contribution in [-0.4, -0.2) is 16.7 Å². The van der Waals surface area contributed by atoms with Gasteiger partial charge in [-0.15, -0.1) is 0 Å². The zero-order chi connectivity index (χ0) is 15.0. The summed E-state index contributed by atoms with van der Waals surface area (Å²) in [6, 6.07) is 6.58. The van der Waals surface area contributed by atoms with E-state index in [4.69, 9.17) is 4.52 Å². The van der Waals surface area contributed by atoms with Crippen LogP contribution in [-0.2, 0) is 5.41 Å². The van der Waals surface area contributed by atoms with Gasteiger partial charge in [0, 0.05) is 0 Å². The van der Waals surface area contributed by atoms with E-state index in [0.717, 1.165) is 18.5 Å². The third kappa shape index (κ3) is 2.58. The highest BCUT2D eigenvalue weighted by molar-refractivity contribution is 5.30. The fourth-order valence-corrected chi connectivity index (χ4v) is 2.78. The Kier molecular flexibility index (Phi) is 3.53. The maximum atomic E-state index is 13.1. The van der Waals surface area contributed by atoms with Gasteiger partial charge in [0.1, 0.15) is 5.82 Å². The highest BCUT2D eigenvalue weighted by atomic mass is 19.1. The Morgan fingerprint density at radius 2 is 2.00 bits per heavy atom. The summed E-state index contributed by atoms with van der Waals surface area (Å²) in [5.74, 6) is 1.52. The summed E-state index contributed by atoms with van der Waals surface area (Å²) < 4.78 is 18.5. The molecule has 1 aromatic carbocycles. The van der Waals surface area contributed by atoms with Gasteiger partial charge >= 0.3 is 0 Å². The van der Waals surface area contributed by atoms with Crippen molar-refractivity contribution in [1.29, 1.82) is 0 Å². The van der Waals surface area contributed by atoms with Gasteiger partial charge < -0.3 is 9.84 Å². The van der Waals surface area contributed by atoms with Crippen LogP contribution in [0.5, 0.6) is 0 Å². The van der Waals surface area contributed by atoms with E-state index in [0.29, 0.717) is 17.6 Å². The molecule has 0 amide bonds. The molecule has 4 nitrogen and oxygen atoms in total. The van der Waals surface area contributed by atoms with E-state index in [-0.39, 0.29) is 11.9 Å². The fraction of sp³-hybridized carbons (Fsp3) is 0.500. The summed E-state index contributed by atoms with van der Waals surface area (Å²) in [5.41, 5.74) is 0.542. The Morgan fingerprint density at radius 3 is 2.62 bits per heavy atom. The lowest BCUT2D eigenvalue weighted by Crippen LogP contribution is -2.22. The molecule has 1 aromatic heterocycles. The number of nitrogens with one attached hydrogen (secondary N) is 1. The van der Waals surface area contributed by atoms with Crippen LogP contribution in [0, 0.1) is 11.7 Å². The van der Waals surface area contributed by atoms with Gasteiger partial charge in [-0.2, -0.15) is 4.98 Å². The average molecular weight is 289 g/mol. The second-order valence-corrected chi connectivity index (χ2v) is 6.29. The summed E-state index contributed by atoms with van der Waals surface area (Å²) >= 11 is 0. The number of aromatic nitrogens is 2. The molecule has 1 N–H and O–H groups in total. The van der Waals surface area contributed by atoms with Crippen LogP contribution >= 0.6 is 0 Å². The fourth-order valence-electron chi connectivity index (χ4n) is 2.78. The molecule has 1 aliphatic rings. The monoisotopic (exact) mass is 289 g/mol. The molecular formula is C16H20FN3O. The minimum absolute atomic E-state index is 0.135. The van der Waals surface area contributed by atoms with Gasteiger partial charge in [-0.1, -0.05) is 24.2 Å². The van der Waals surface area contributed by atoms with Crippen LogP contribution in [0.25, 0.3) is 0 Å². The molecule has 21 heavy (non-hydrogen) atoms. The van der Waals surface area contributed by atoms with Crippen LogP contribution < -0.4 is 5.32 Å². The lowest BCUT2D eigenvalue weighted by Gasteiger charge is -2.20. The molecule has 1 saturated heterocycles. The summed E-state index contributed by atoms with van der Waals surface area (Å²) in [5, 5.41) is 7.53. The Balaban J connectivity index is 1.89. The van der Waals surface area contributed by atoms with E-state index in [1.54, 1.807) is 12.1 Å². The highest BCUT2D eigenvalue weighted by Gasteiger charge is 2.33. The van der Waals surface area contributed by atoms with Crippen molar-refractivity contribution >= 4 is 0 Å². The van der Waals surface area contributed by atoms with E-state index in [1.807, 2.05) is 13.8 Å². The zero-order valence-corrected chi connectivity index (χ0v) is 12.6. The van der Waals surface area contributed by atoms with Crippen molar-refractivity contribution in [3.63, 3.8) is 0 Å². The van der Waals surface area contributed by atoms with Crippen molar-refractivity contribution < 1.29 is 8.91 Å². The standard InChI is InChI=1S/C16H20FN3O/c1-10-8-9-18-13(10)14-19-15(20-21-14)16(2,3)11-4-6-12(17)7-5-11/h4-7,10,13,18H,8-9H2,1-3H3. The van der Waals surface area contributed by atoms with Crippen LogP contribution in [0.1, 0.15) is 50.5 Å². The van der Waals surface area contributed by atoms with Crippen molar-refractivity contribution in [2.24, 2.45) is 5.92 Å². The van der Waals surface area contributed by atoms with Gasteiger partial charge in [0.05, 0.1) is 11.5 Å². The van der Waals surface area contributed by atoms with Gasteiger partial charge in [0.2, 0.25) is 5.89 Å². The Hall–Kier alpha value is -1.75. The van der Waals surface area contributed by atoms with Gasteiger partial charge in [0.15, 0.2) is 5.82 Å². The summed E-state index contributed by atoms with van der Waals surface area (Å²) in [7, 11) is 0. The Morgan fingerprint density at radius 1 is 1.29 bits per heavy atom. The van der Waals surface area contributed by atoms with Gasteiger partial charge in [-0.3, -0.25) is 0 Å². The topological polar surface area (TPSA) is 51.0 Å². The zero-order valence-electron chi connectivity index (χ0n) is 12.6. The molecule has 0 aliphatic carbocycles. The SMILES string of the molecule is CC1CCNC1c1nc(C(C)(C)c2ccc(F)cc2)no1. The maximum Gasteiger partial charge on any atom is 0.244 e. The molecule has 1 aliphatic heterocycles. The van der Waals surface area contributed by atoms with Crippen molar-refractivity contribution in [3.8, 4) is 0 Å². The third-order valence-electron chi connectivity index (χ3n) is 4.37. The molecule has 2 atom stereocenters. The first kappa shape index (κ1) is 14.2. The molecule has 1 fully saturated rings. The maximum absolute atomic E-state index is 13.1. The number of hydrogen-bond donors (Lipinski definition) is 1. The second kappa shape index (κ2) is 5.22. The molecule has 112 valence electrons. The molecule has 2 heterocycles. The quantitative estimate of drug-likeness (QED) is 0.942. The molecular weight excluding hydrogens is 269 g/mol. The third-order valence-corrected chi connectivity index (χ3v) is 4.37. The second-order valence-electron chi connectivity index (χ2n) is 6.29. The number of benzene rings is 1. The highest BCUT2D eigenvalue weighted by Crippen LogP contribution is 2.32. The molecule has 0 spiro atoms. The minimum Gasteiger partial charge on any atom is -0.338 e. The number of nitrogens with zero attached hydrogens (tertiary/aromatic N) is 2. The molecule has 2 unspecified atom stereocenters. The Bertz CT molecular complexity index is 621. The lowest BCUT2D eigenvalue weighted by atomic mass is 9.84.